The van der Waals surface area contributed by atoms with Crippen molar-refractivity contribution in [3.8, 4) is 0 Å². The van der Waals surface area contributed by atoms with E-state index in [4.69, 9.17) is 27.9 Å². The fourth-order valence-corrected chi connectivity index (χ4v) is 3.04. The van der Waals surface area contributed by atoms with E-state index in [2.05, 4.69) is 0 Å². The van der Waals surface area contributed by atoms with Gasteiger partial charge >= 0.3 is 5.97 Å². The van der Waals surface area contributed by atoms with Gasteiger partial charge in [-0.05, 0) is 36.2 Å². The van der Waals surface area contributed by atoms with Crippen molar-refractivity contribution in [3.63, 3.8) is 0 Å². The van der Waals surface area contributed by atoms with Crippen LogP contribution in [0.2, 0.25) is 10.0 Å². The molecule has 2 aromatic carbocycles. The van der Waals surface area contributed by atoms with Crippen LogP contribution in [0.5, 0.6) is 0 Å². The fourth-order valence-electron chi connectivity index (χ4n) is 2.72. The molecule has 2 aromatic rings. The lowest BCUT2D eigenvalue weighted by molar-refractivity contribution is -0.142. The molecule has 7 heteroatoms. The highest BCUT2D eigenvalue weighted by atomic mass is 35.5. The Morgan fingerprint density at radius 1 is 0.962 bits per heavy atom. The number of ether oxygens (including phenoxy) is 1. The summed E-state index contributed by atoms with van der Waals surface area (Å²) < 4.78 is 5.16. The number of imide groups is 1. The smallest absolute Gasteiger partial charge is 0.310 e. The van der Waals surface area contributed by atoms with Gasteiger partial charge in [0.1, 0.15) is 0 Å². The van der Waals surface area contributed by atoms with Gasteiger partial charge in [0.2, 0.25) is 0 Å². The van der Waals surface area contributed by atoms with E-state index in [0.29, 0.717) is 33.2 Å². The van der Waals surface area contributed by atoms with E-state index in [1.54, 1.807) is 42.5 Å². The molecule has 1 aliphatic heterocycles. The summed E-state index contributed by atoms with van der Waals surface area (Å²) in [5.74, 6) is -1.04. The molecule has 0 N–H and O–H groups in total. The third kappa shape index (κ3) is 3.89. The van der Waals surface area contributed by atoms with Gasteiger partial charge in [-0.1, -0.05) is 41.4 Å². The van der Waals surface area contributed by atoms with E-state index in [1.165, 1.54) is 4.90 Å². The summed E-state index contributed by atoms with van der Waals surface area (Å²) in [5, 5.41) is 0.798. The number of hydrogen-bond acceptors (Lipinski definition) is 4. The highest BCUT2D eigenvalue weighted by molar-refractivity contribution is 6.42. The van der Waals surface area contributed by atoms with Gasteiger partial charge in [0.15, 0.2) is 0 Å². The molecule has 0 aromatic heterocycles. The first-order chi connectivity index (χ1) is 12.5. The summed E-state index contributed by atoms with van der Waals surface area (Å²) >= 11 is 11.7. The molecular weight excluding hydrogens is 377 g/mol. The zero-order valence-corrected chi connectivity index (χ0v) is 15.2. The van der Waals surface area contributed by atoms with E-state index in [9.17, 15) is 14.4 Å². The van der Waals surface area contributed by atoms with Crippen LogP contribution in [-0.2, 0) is 16.0 Å². The van der Waals surface area contributed by atoms with Crippen LogP contribution >= 0.6 is 23.2 Å². The molecule has 0 atom stereocenters. The Kier molecular flexibility index (Phi) is 5.59. The number of hydrogen-bond donors (Lipinski definition) is 0. The van der Waals surface area contributed by atoms with E-state index < -0.39 is 5.97 Å². The van der Waals surface area contributed by atoms with E-state index in [0.717, 1.165) is 0 Å². The van der Waals surface area contributed by atoms with Crippen LogP contribution in [0.15, 0.2) is 42.5 Å². The normalized spacial score (nSPS) is 13.1. The number of amides is 2. The van der Waals surface area contributed by atoms with Gasteiger partial charge in [0.05, 0.1) is 34.2 Å². The highest BCUT2D eigenvalue weighted by Crippen LogP contribution is 2.23. The molecule has 1 heterocycles. The van der Waals surface area contributed by atoms with Gasteiger partial charge in [-0.3, -0.25) is 19.3 Å². The lowest BCUT2D eigenvalue weighted by Crippen LogP contribution is -2.31. The predicted octanol–water partition coefficient (Wildman–Crippen LogP) is 3.77. The predicted molar refractivity (Wildman–Crippen MR) is 97.6 cm³/mol. The molecule has 0 radical (unpaired) electrons. The Hall–Kier alpha value is -2.37. The van der Waals surface area contributed by atoms with Crippen molar-refractivity contribution in [1.82, 2.24) is 4.90 Å². The summed E-state index contributed by atoms with van der Waals surface area (Å²) in [6, 6.07) is 11.6. The van der Waals surface area contributed by atoms with Crippen molar-refractivity contribution in [2.45, 2.75) is 12.8 Å². The SMILES string of the molecule is O=C(Cc1ccc(Cl)c(Cl)c1)OCCCN1C(=O)c2ccccc2C1=O. The number of rotatable bonds is 6. The molecule has 26 heavy (non-hydrogen) atoms. The molecule has 5 nitrogen and oxygen atoms in total. The first-order valence-corrected chi connectivity index (χ1v) is 8.77. The lowest BCUT2D eigenvalue weighted by atomic mass is 10.1. The van der Waals surface area contributed by atoms with Gasteiger partial charge < -0.3 is 4.74 Å². The molecule has 1 aliphatic rings. The standard InChI is InChI=1S/C19H15Cl2NO4/c20-15-7-6-12(10-16(15)21)11-17(23)26-9-3-8-22-18(24)13-4-1-2-5-14(13)19(22)25/h1-2,4-7,10H,3,8-9,11H2. The Morgan fingerprint density at radius 3 is 2.23 bits per heavy atom. The Bertz CT molecular complexity index is 847. The second kappa shape index (κ2) is 7.89. The van der Waals surface area contributed by atoms with Gasteiger partial charge in [-0.15, -0.1) is 0 Å². The maximum atomic E-state index is 12.2. The van der Waals surface area contributed by atoms with Crippen LogP contribution in [0.4, 0.5) is 0 Å². The molecule has 2 amide bonds. The number of halogens is 2. The van der Waals surface area contributed by atoms with Crippen molar-refractivity contribution < 1.29 is 19.1 Å². The number of carbonyl (C=O) groups excluding carboxylic acids is 3. The van der Waals surface area contributed by atoms with Crippen LogP contribution in [0.3, 0.4) is 0 Å². The number of nitrogens with zero attached hydrogens (tertiary/aromatic N) is 1. The first-order valence-electron chi connectivity index (χ1n) is 8.02. The fraction of sp³-hybridized carbons (Fsp3) is 0.211. The zero-order valence-electron chi connectivity index (χ0n) is 13.7. The zero-order chi connectivity index (χ0) is 18.7. The number of fused-ring (bicyclic) bond motifs is 1. The van der Waals surface area contributed by atoms with Crippen LogP contribution in [-0.4, -0.2) is 35.8 Å². The first kappa shape index (κ1) is 18.4. The molecule has 134 valence electrons. The second-order valence-electron chi connectivity index (χ2n) is 5.81. The molecule has 3 rings (SSSR count). The average Bonchev–Trinajstić information content (AvgIpc) is 2.87. The Morgan fingerprint density at radius 2 is 1.62 bits per heavy atom. The van der Waals surface area contributed by atoms with Crippen LogP contribution in [0, 0.1) is 0 Å². The Labute approximate surface area is 160 Å². The molecule has 0 aliphatic carbocycles. The summed E-state index contributed by atoms with van der Waals surface area (Å²) in [6.07, 6.45) is 0.447. The minimum atomic E-state index is -0.411. The van der Waals surface area contributed by atoms with Gasteiger partial charge in [-0.25, -0.2) is 0 Å². The molecule has 0 spiro atoms. The monoisotopic (exact) mass is 391 g/mol. The summed E-state index contributed by atoms with van der Waals surface area (Å²) in [4.78, 5) is 37.5. The topological polar surface area (TPSA) is 63.7 Å². The maximum Gasteiger partial charge on any atom is 0.310 e. The van der Waals surface area contributed by atoms with Gasteiger partial charge in [0, 0.05) is 6.54 Å². The Balaban J connectivity index is 1.46. The molecule has 0 saturated heterocycles. The van der Waals surface area contributed by atoms with Crippen molar-refractivity contribution in [2.75, 3.05) is 13.2 Å². The van der Waals surface area contributed by atoms with Crippen molar-refractivity contribution in [1.29, 1.82) is 0 Å². The van der Waals surface area contributed by atoms with Crippen molar-refractivity contribution in [3.05, 3.63) is 69.2 Å². The molecule has 0 saturated carbocycles. The molecular formula is C19H15Cl2NO4. The minimum Gasteiger partial charge on any atom is -0.465 e. The summed E-state index contributed by atoms with van der Waals surface area (Å²) in [7, 11) is 0. The molecule has 0 unspecified atom stereocenters. The maximum absolute atomic E-state index is 12.2. The number of benzene rings is 2. The largest absolute Gasteiger partial charge is 0.465 e. The number of carbonyl (C=O) groups is 3. The second-order valence-corrected chi connectivity index (χ2v) is 6.62. The van der Waals surface area contributed by atoms with Crippen molar-refractivity contribution in [2.24, 2.45) is 0 Å². The molecule has 0 fully saturated rings. The van der Waals surface area contributed by atoms with Gasteiger partial charge in [-0.2, -0.15) is 0 Å². The lowest BCUT2D eigenvalue weighted by Gasteiger charge is -2.13. The third-order valence-corrected chi connectivity index (χ3v) is 4.74. The minimum absolute atomic E-state index is 0.0733. The quantitative estimate of drug-likeness (QED) is 0.427. The number of esters is 1. The van der Waals surface area contributed by atoms with Crippen LogP contribution < -0.4 is 0 Å². The van der Waals surface area contributed by atoms with E-state index >= 15 is 0 Å². The molecule has 0 bridgehead atoms. The van der Waals surface area contributed by atoms with Gasteiger partial charge in [0.25, 0.3) is 11.8 Å². The average molecular weight is 392 g/mol. The summed E-state index contributed by atoms with van der Waals surface area (Å²) in [5.41, 5.74) is 1.52. The van der Waals surface area contributed by atoms with Crippen LogP contribution in [0.25, 0.3) is 0 Å². The van der Waals surface area contributed by atoms with Crippen LogP contribution in [0.1, 0.15) is 32.7 Å². The van der Waals surface area contributed by atoms with E-state index in [1.807, 2.05) is 0 Å². The highest BCUT2D eigenvalue weighted by Gasteiger charge is 2.34. The summed E-state index contributed by atoms with van der Waals surface area (Å²) in [6.45, 7) is 0.319. The third-order valence-electron chi connectivity index (χ3n) is 4.00. The van der Waals surface area contributed by atoms with E-state index in [-0.39, 0.29) is 31.4 Å². The van der Waals surface area contributed by atoms with Crippen molar-refractivity contribution >= 4 is 41.0 Å².